The summed E-state index contributed by atoms with van der Waals surface area (Å²) in [7, 11) is 0. The lowest BCUT2D eigenvalue weighted by Crippen LogP contribution is -2.06. The molecule has 1 atom stereocenters. The Balaban J connectivity index is 1.87. The van der Waals surface area contributed by atoms with Gasteiger partial charge in [-0.05, 0) is 53.8 Å². The summed E-state index contributed by atoms with van der Waals surface area (Å²) in [5.74, 6) is -0.260. The standard InChI is InChI=1S/C19H14FN3/c20-15-4-2-14(3-5-15)18-9-13(10-21)1-7-17(18)19-8-6-16-11-22-12-23(16)19/h1-5,7,9,11-12,19H,6,8H2. The lowest BCUT2D eigenvalue weighted by Gasteiger charge is -2.18. The van der Waals surface area contributed by atoms with Crippen LogP contribution in [0.3, 0.4) is 0 Å². The first-order valence-electron chi connectivity index (χ1n) is 7.57. The Morgan fingerprint density at radius 1 is 1.17 bits per heavy atom. The van der Waals surface area contributed by atoms with Gasteiger partial charge in [0, 0.05) is 11.9 Å². The van der Waals surface area contributed by atoms with E-state index in [0.717, 1.165) is 29.5 Å². The van der Waals surface area contributed by atoms with Crippen LogP contribution in [0.5, 0.6) is 0 Å². The lowest BCUT2D eigenvalue weighted by molar-refractivity contribution is 0.617. The van der Waals surface area contributed by atoms with Gasteiger partial charge in [-0.25, -0.2) is 9.37 Å². The zero-order valence-corrected chi connectivity index (χ0v) is 12.4. The van der Waals surface area contributed by atoms with Gasteiger partial charge in [-0.3, -0.25) is 0 Å². The van der Waals surface area contributed by atoms with Crippen LogP contribution in [0, 0.1) is 17.1 Å². The first kappa shape index (κ1) is 13.7. The summed E-state index contributed by atoms with van der Waals surface area (Å²) in [5.41, 5.74) is 4.89. The number of fused-ring (bicyclic) bond motifs is 1. The van der Waals surface area contributed by atoms with E-state index >= 15 is 0 Å². The number of aryl methyl sites for hydroxylation is 1. The normalized spacial score (nSPS) is 16.1. The lowest BCUT2D eigenvalue weighted by atomic mass is 9.92. The van der Waals surface area contributed by atoms with Crippen LogP contribution in [0.25, 0.3) is 11.1 Å². The van der Waals surface area contributed by atoms with Crippen molar-refractivity contribution in [3.63, 3.8) is 0 Å². The third kappa shape index (κ3) is 2.31. The molecule has 0 N–H and O–H groups in total. The van der Waals surface area contributed by atoms with Gasteiger partial charge in [-0.1, -0.05) is 18.2 Å². The van der Waals surface area contributed by atoms with Crippen molar-refractivity contribution < 1.29 is 4.39 Å². The fourth-order valence-corrected chi connectivity index (χ4v) is 3.33. The fraction of sp³-hybridized carbons (Fsp3) is 0.158. The molecule has 23 heavy (non-hydrogen) atoms. The number of rotatable bonds is 2. The molecule has 2 heterocycles. The molecule has 112 valence electrons. The molecule has 0 saturated carbocycles. The van der Waals surface area contributed by atoms with Crippen LogP contribution in [-0.2, 0) is 6.42 Å². The van der Waals surface area contributed by atoms with Crippen molar-refractivity contribution in [3.8, 4) is 17.2 Å². The molecule has 0 bridgehead atoms. The zero-order chi connectivity index (χ0) is 15.8. The van der Waals surface area contributed by atoms with Gasteiger partial charge < -0.3 is 4.57 Å². The van der Waals surface area contributed by atoms with E-state index in [1.165, 1.54) is 17.8 Å². The monoisotopic (exact) mass is 303 g/mol. The van der Waals surface area contributed by atoms with Gasteiger partial charge in [0.25, 0.3) is 0 Å². The Labute approximate surface area is 133 Å². The summed E-state index contributed by atoms with van der Waals surface area (Å²) in [4.78, 5) is 4.23. The SMILES string of the molecule is N#Cc1ccc(C2CCc3cncn32)c(-c2ccc(F)cc2)c1. The van der Waals surface area contributed by atoms with Gasteiger partial charge in [0.2, 0.25) is 0 Å². The van der Waals surface area contributed by atoms with Crippen LogP contribution < -0.4 is 0 Å². The third-order valence-corrected chi connectivity index (χ3v) is 4.45. The molecule has 3 nitrogen and oxygen atoms in total. The number of halogens is 1. The predicted molar refractivity (Wildman–Crippen MR) is 85.2 cm³/mol. The highest BCUT2D eigenvalue weighted by Gasteiger charge is 2.25. The first-order chi connectivity index (χ1) is 11.3. The maximum Gasteiger partial charge on any atom is 0.123 e. The second-order valence-electron chi connectivity index (χ2n) is 5.77. The number of hydrogen-bond acceptors (Lipinski definition) is 2. The molecule has 0 fully saturated rings. The zero-order valence-electron chi connectivity index (χ0n) is 12.4. The molecule has 3 aromatic rings. The Morgan fingerprint density at radius 2 is 2.00 bits per heavy atom. The summed E-state index contributed by atoms with van der Waals surface area (Å²) in [6, 6.07) is 14.6. The summed E-state index contributed by atoms with van der Waals surface area (Å²) in [5, 5.41) is 9.21. The van der Waals surface area contributed by atoms with Crippen LogP contribution in [0.4, 0.5) is 4.39 Å². The van der Waals surface area contributed by atoms with E-state index in [2.05, 4.69) is 15.6 Å². The van der Waals surface area contributed by atoms with Crippen LogP contribution >= 0.6 is 0 Å². The second-order valence-corrected chi connectivity index (χ2v) is 5.77. The Bertz CT molecular complexity index is 903. The molecule has 2 aromatic carbocycles. The van der Waals surface area contributed by atoms with E-state index in [-0.39, 0.29) is 11.9 Å². The molecule has 0 saturated heterocycles. The summed E-state index contributed by atoms with van der Waals surface area (Å²) < 4.78 is 15.4. The highest BCUT2D eigenvalue weighted by molar-refractivity contribution is 5.70. The number of nitriles is 1. The number of hydrogen-bond donors (Lipinski definition) is 0. The molecule has 1 unspecified atom stereocenters. The van der Waals surface area contributed by atoms with Crippen LogP contribution in [0.15, 0.2) is 55.0 Å². The summed E-state index contributed by atoms with van der Waals surface area (Å²) >= 11 is 0. The van der Waals surface area contributed by atoms with E-state index in [0.29, 0.717) is 5.56 Å². The smallest absolute Gasteiger partial charge is 0.123 e. The van der Waals surface area contributed by atoms with Gasteiger partial charge in [0.05, 0.1) is 24.0 Å². The van der Waals surface area contributed by atoms with E-state index in [4.69, 9.17) is 0 Å². The van der Waals surface area contributed by atoms with Gasteiger partial charge in [-0.15, -0.1) is 0 Å². The maximum atomic E-state index is 13.2. The van der Waals surface area contributed by atoms with E-state index in [1.807, 2.05) is 30.7 Å². The number of imidazole rings is 1. The maximum absolute atomic E-state index is 13.2. The summed E-state index contributed by atoms with van der Waals surface area (Å²) in [6.45, 7) is 0. The van der Waals surface area contributed by atoms with Crippen molar-refractivity contribution in [2.45, 2.75) is 18.9 Å². The second kappa shape index (κ2) is 5.36. The molecule has 4 heteroatoms. The quantitative estimate of drug-likeness (QED) is 0.715. The van der Waals surface area contributed by atoms with Crippen LogP contribution in [0.2, 0.25) is 0 Å². The van der Waals surface area contributed by atoms with Crippen molar-refractivity contribution in [2.24, 2.45) is 0 Å². The highest BCUT2D eigenvalue weighted by atomic mass is 19.1. The van der Waals surface area contributed by atoms with Gasteiger partial charge in [-0.2, -0.15) is 5.26 Å². The minimum Gasteiger partial charge on any atom is -0.327 e. The Morgan fingerprint density at radius 3 is 2.78 bits per heavy atom. The average molecular weight is 303 g/mol. The number of aromatic nitrogens is 2. The van der Waals surface area contributed by atoms with Crippen molar-refractivity contribution in [1.82, 2.24) is 9.55 Å². The molecule has 1 aromatic heterocycles. The van der Waals surface area contributed by atoms with E-state index in [1.54, 1.807) is 12.1 Å². The van der Waals surface area contributed by atoms with Crippen molar-refractivity contribution in [3.05, 3.63) is 77.6 Å². The Kier molecular flexibility index (Phi) is 3.20. The molecule has 1 aliphatic rings. The van der Waals surface area contributed by atoms with Crippen LogP contribution in [-0.4, -0.2) is 9.55 Å². The van der Waals surface area contributed by atoms with Crippen molar-refractivity contribution in [2.75, 3.05) is 0 Å². The highest BCUT2D eigenvalue weighted by Crippen LogP contribution is 2.37. The van der Waals surface area contributed by atoms with Crippen molar-refractivity contribution in [1.29, 1.82) is 5.26 Å². The number of benzene rings is 2. The van der Waals surface area contributed by atoms with Gasteiger partial charge in [0.15, 0.2) is 0 Å². The predicted octanol–water partition coefficient (Wildman–Crippen LogP) is 4.10. The summed E-state index contributed by atoms with van der Waals surface area (Å²) in [6.07, 6.45) is 5.77. The first-order valence-corrected chi connectivity index (χ1v) is 7.57. The van der Waals surface area contributed by atoms with Gasteiger partial charge in [0.1, 0.15) is 5.82 Å². The van der Waals surface area contributed by atoms with E-state index in [9.17, 15) is 9.65 Å². The third-order valence-electron chi connectivity index (χ3n) is 4.45. The topological polar surface area (TPSA) is 41.6 Å². The van der Waals surface area contributed by atoms with Gasteiger partial charge >= 0.3 is 0 Å². The number of nitrogens with zero attached hydrogens (tertiary/aromatic N) is 3. The molecular formula is C19H14FN3. The average Bonchev–Trinajstić information content (AvgIpc) is 3.18. The fourth-order valence-electron chi connectivity index (χ4n) is 3.33. The minimum absolute atomic E-state index is 0.209. The molecular weight excluding hydrogens is 289 g/mol. The van der Waals surface area contributed by atoms with Crippen LogP contribution in [0.1, 0.15) is 29.3 Å². The molecule has 4 rings (SSSR count). The molecule has 0 spiro atoms. The molecule has 0 radical (unpaired) electrons. The molecule has 0 amide bonds. The largest absolute Gasteiger partial charge is 0.327 e. The Hall–Kier alpha value is -2.93. The van der Waals surface area contributed by atoms with E-state index < -0.39 is 0 Å². The minimum atomic E-state index is -0.260. The molecule has 0 aliphatic carbocycles. The van der Waals surface area contributed by atoms with Crippen molar-refractivity contribution >= 4 is 0 Å². The molecule has 1 aliphatic heterocycles.